The lowest BCUT2D eigenvalue weighted by Gasteiger charge is -2.07. The van der Waals surface area contributed by atoms with Crippen LogP contribution in [0.25, 0.3) is 0 Å². The van der Waals surface area contributed by atoms with Gasteiger partial charge in [0.2, 0.25) is 0 Å². The number of rotatable bonds is 7. The summed E-state index contributed by atoms with van der Waals surface area (Å²) in [5.41, 5.74) is 1.67. The molecule has 3 rings (SSSR count). The molecule has 0 radical (unpaired) electrons. The first-order valence-electron chi connectivity index (χ1n) is 7.43. The molecule has 0 atom stereocenters. The summed E-state index contributed by atoms with van der Waals surface area (Å²) in [7, 11) is 0. The third kappa shape index (κ3) is 4.40. The Kier molecular flexibility index (Phi) is 4.73. The van der Waals surface area contributed by atoms with Crippen LogP contribution in [0.2, 0.25) is 0 Å². The predicted octanol–water partition coefficient (Wildman–Crippen LogP) is 3.63. The molecule has 0 unspecified atom stereocenters. The van der Waals surface area contributed by atoms with Crippen molar-refractivity contribution >= 4 is 28.9 Å². The molecular formula is C17H17NO4S. The van der Waals surface area contributed by atoms with Gasteiger partial charge in [-0.2, -0.15) is 0 Å². The van der Waals surface area contributed by atoms with Crippen molar-refractivity contribution < 1.29 is 19.4 Å². The summed E-state index contributed by atoms with van der Waals surface area (Å²) in [5, 5.41) is 11.7. The highest BCUT2D eigenvalue weighted by atomic mass is 32.1. The molecule has 1 aliphatic rings. The zero-order valence-corrected chi connectivity index (χ0v) is 13.3. The average Bonchev–Trinajstić information content (AvgIpc) is 3.20. The number of anilines is 1. The van der Waals surface area contributed by atoms with Crippen molar-refractivity contribution in [1.82, 2.24) is 0 Å². The minimum atomic E-state index is -1.02. The van der Waals surface area contributed by atoms with E-state index in [9.17, 15) is 9.59 Å². The Morgan fingerprint density at radius 1 is 1.22 bits per heavy atom. The van der Waals surface area contributed by atoms with E-state index in [0.29, 0.717) is 17.2 Å². The van der Waals surface area contributed by atoms with Gasteiger partial charge in [0, 0.05) is 12.3 Å². The molecule has 0 spiro atoms. The number of hydrogen-bond acceptors (Lipinski definition) is 4. The largest absolute Gasteiger partial charge is 0.477 e. The van der Waals surface area contributed by atoms with Crippen molar-refractivity contribution in [2.24, 2.45) is 5.92 Å². The van der Waals surface area contributed by atoms with Crippen LogP contribution in [0.4, 0.5) is 5.69 Å². The maximum Gasteiger partial charge on any atom is 0.345 e. The van der Waals surface area contributed by atoms with Crippen LogP contribution in [-0.2, 0) is 11.3 Å². The van der Waals surface area contributed by atoms with Crippen LogP contribution in [0.3, 0.4) is 0 Å². The lowest BCUT2D eigenvalue weighted by Crippen LogP contribution is -2.10. The van der Waals surface area contributed by atoms with Gasteiger partial charge in [0.25, 0.3) is 5.91 Å². The molecule has 0 bridgehead atoms. The predicted molar refractivity (Wildman–Crippen MR) is 88.1 cm³/mol. The Balaban J connectivity index is 1.59. The molecule has 23 heavy (non-hydrogen) atoms. The molecule has 0 aliphatic heterocycles. The number of ether oxygens (including phenoxy) is 1. The van der Waals surface area contributed by atoms with E-state index in [2.05, 4.69) is 5.32 Å². The Morgan fingerprint density at radius 3 is 2.70 bits per heavy atom. The first-order chi connectivity index (χ1) is 11.1. The lowest BCUT2D eigenvalue weighted by atomic mass is 10.2. The fraction of sp³-hybridized carbons (Fsp3) is 0.294. The molecule has 1 fully saturated rings. The van der Waals surface area contributed by atoms with Crippen LogP contribution in [0.5, 0.6) is 0 Å². The summed E-state index contributed by atoms with van der Waals surface area (Å²) in [6.45, 7) is 1.33. The van der Waals surface area contributed by atoms with Gasteiger partial charge in [-0.05, 0) is 48.6 Å². The van der Waals surface area contributed by atoms with E-state index >= 15 is 0 Å². The highest BCUT2D eigenvalue weighted by Gasteiger charge is 2.21. The fourth-order valence-corrected chi connectivity index (χ4v) is 2.87. The number of carbonyl (C=O) groups is 2. The van der Waals surface area contributed by atoms with Gasteiger partial charge in [0.05, 0.1) is 11.5 Å². The van der Waals surface area contributed by atoms with Gasteiger partial charge >= 0.3 is 5.97 Å². The second-order valence-electron chi connectivity index (χ2n) is 5.58. The fourth-order valence-electron chi connectivity index (χ4n) is 2.13. The summed E-state index contributed by atoms with van der Waals surface area (Å²) in [5.74, 6) is -0.609. The minimum absolute atomic E-state index is 0.150. The molecule has 1 aromatic heterocycles. The number of hydrogen-bond donors (Lipinski definition) is 2. The number of carbonyl (C=O) groups excluding carboxylic acids is 1. The normalized spacial score (nSPS) is 13.7. The van der Waals surface area contributed by atoms with Gasteiger partial charge in [-0.1, -0.05) is 12.1 Å². The first kappa shape index (κ1) is 15.7. The molecule has 1 saturated carbocycles. The van der Waals surface area contributed by atoms with Crippen molar-refractivity contribution in [2.75, 3.05) is 11.9 Å². The Hall–Kier alpha value is -2.18. The maximum atomic E-state index is 12.1. The van der Waals surface area contributed by atoms with Gasteiger partial charge in [-0.3, -0.25) is 4.79 Å². The highest BCUT2D eigenvalue weighted by molar-refractivity contribution is 7.15. The second-order valence-corrected chi connectivity index (χ2v) is 6.67. The third-order valence-corrected chi connectivity index (χ3v) is 4.62. The van der Waals surface area contributed by atoms with Crippen molar-refractivity contribution in [3.63, 3.8) is 0 Å². The Labute approximate surface area is 137 Å². The number of aromatic carboxylic acids is 1. The number of carboxylic acids is 1. The topological polar surface area (TPSA) is 75.6 Å². The molecular weight excluding hydrogens is 314 g/mol. The maximum absolute atomic E-state index is 12.1. The molecule has 2 aromatic rings. The van der Waals surface area contributed by atoms with Crippen molar-refractivity contribution in [2.45, 2.75) is 19.4 Å². The van der Waals surface area contributed by atoms with E-state index in [1.807, 2.05) is 18.2 Å². The van der Waals surface area contributed by atoms with Gasteiger partial charge in [-0.15, -0.1) is 11.3 Å². The van der Waals surface area contributed by atoms with Crippen molar-refractivity contribution in [3.8, 4) is 0 Å². The Morgan fingerprint density at radius 2 is 2.00 bits per heavy atom. The number of amides is 1. The van der Waals surface area contributed by atoms with E-state index in [1.165, 1.54) is 25.0 Å². The number of benzene rings is 1. The van der Waals surface area contributed by atoms with Crippen molar-refractivity contribution in [3.05, 3.63) is 51.7 Å². The molecule has 120 valence electrons. The molecule has 0 saturated heterocycles. The third-order valence-electron chi connectivity index (χ3n) is 3.54. The zero-order valence-electron chi connectivity index (χ0n) is 12.5. The number of thiophene rings is 1. The van der Waals surface area contributed by atoms with Gasteiger partial charge < -0.3 is 15.2 Å². The molecule has 1 aromatic carbocycles. The van der Waals surface area contributed by atoms with Gasteiger partial charge in [-0.25, -0.2) is 4.79 Å². The summed E-state index contributed by atoms with van der Waals surface area (Å²) < 4.78 is 5.64. The Bertz CT molecular complexity index is 721. The number of nitrogens with one attached hydrogen (secondary N) is 1. The zero-order chi connectivity index (χ0) is 16.2. The minimum Gasteiger partial charge on any atom is -0.477 e. The molecule has 5 nitrogen and oxygen atoms in total. The smallest absolute Gasteiger partial charge is 0.345 e. The van der Waals surface area contributed by atoms with Crippen LogP contribution in [0.15, 0.2) is 36.4 Å². The molecule has 1 amide bonds. The second kappa shape index (κ2) is 6.93. The molecule has 2 N–H and O–H groups in total. The molecule has 6 heteroatoms. The summed E-state index contributed by atoms with van der Waals surface area (Å²) in [6, 6.07) is 10.4. The van der Waals surface area contributed by atoms with E-state index in [-0.39, 0.29) is 10.8 Å². The van der Waals surface area contributed by atoms with E-state index in [1.54, 1.807) is 6.07 Å². The number of carboxylic acid groups (broad SMARTS) is 1. The molecule has 1 heterocycles. The van der Waals surface area contributed by atoms with E-state index in [4.69, 9.17) is 9.84 Å². The SMILES string of the molecule is O=C(O)c1ccc(C(=O)Nc2cccc(COCC3CC3)c2)s1. The van der Waals surface area contributed by atoms with Gasteiger partial charge in [0.15, 0.2) is 0 Å². The first-order valence-corrected chi connectivity index (χ1v) is 8.24. The van der Waals surface area contributed by atoms with Crippen LogP contribution < -0.4 is 5.32 Å². The van der Waals surface area contributed by atoms with Crippen molar-refractivity contribution in [1.29, 1.82) is 0 Å². The quantitative estimate of drug-likeness (QED) is 0.812. The van der Waals surface area contributed by atoms with Crippen LogP contribution in [0, 0.1) is 5.92 Å². The van der Waals surface area contributed by atoms with Gasteiger partial charge in [0.1, 0.15) is 4.88 Å². The van der Waals surface area contributed by atoms with Crippen LogP contribution >= 0.6 is 11.3 Å². The summed E-state index contributed by atoms with van der Waals surface area (Å²) in [4.78, 5) is 23.5. The summed E-state index contributed by atoms with van der Waals surface area (Å²) >= 11 is 0.960. The van der Waals surface area contributed by atoms with E-state index in [0.717, 1.165) is 29.4 Å². The van der Waals surface area contributed by atoms with Crippen LogP contribution in [0.1, 0.15) is 37.7 Å². The monoisotopic (exact) mass is 331 g/mol. The lowest BCUT2D eigenvalue weighted by molar-refractivity contribution is 0.0702. The van der Waals surface area contributed by atoms with Crippen LogP contribution in [-0.4, -0.2) is 23.6 Å². The van der Waals surface area contributed by atoms with E-state index < -0.39 is 5.97 Å². The summed E-state index contributed by atoms with van der Waals surface area (Å²) in [6.07, 6.45) is 2.52. The average molecular weight is 331 g/mol. The highest BCUT2D eigenvalue weighted by Crippen LogP contribution is 2.29. The molecule has 1 aliphatic carbocycles. The standard InChI is InChI=1S/C17H17NO4S/c19-16(14-6-7-15(23-14)17(20)21)18-13-3-1-2-12(8-13)10-22-9-11-4-5-11/h1-3,6-8,11H,4-5,9-10H2,(H,18,19)(H,20,21).